The Morgan fingerprint density at radius 2 is 1.94 bits per heavy atom. The molecule has 0 spiro atoms. The zero-order valence-corrected chi connectivity index (χ0v) is 19.8. The SMILES string of the molecule is CC(O)(/C=C/[C@H]1[C@H](O)CC(=O)[C@@H]1SCCCSCC(=O)O)Cc1ccc2ccccc2c1. The number of Topliss-reactive ketones (excluding diaryl/α,β-unsaturated/α-hetero) is 1. The highest BCUT2D eigenvalue weighted by Gasteiger charge is 2.40. The minimum atomic E-state index is -1.10. The molecule has 32 heavy (non-hydrogen) atoms. The molecule has 3 rings (SSSR count). The van der Waals surface area contributed by atoms with Crippen LogP contribution in [0, 0.1) is 5.92 Å². The van der Waals surface area contributed by atoms with E-state index < -0.39 is 17.7 Å². The Balaban J connectivity index is 1.58. The van der Waals surface area contributed by atoms with E-state index in [2.05, 4.69) is 12.1 Å². The van der Waals surface area contributed by atoms with Gasteiger partial charge in [0.2, 0.25) is 0 Å². The molecule has 7 heteroatoms. The molecule has 5 nitrogen and oxygen atoms in total. The zero-order chi connectivity index (χ0) is 23.1. The van der Waals surface area contributed by atoms with E-state index in [-0.39, 0.29) is 29.1 Å². The zero-order valence-electron chi connectivity index (χ0n) is 18.1. The Bertz CT molecular complexity index is 972. The monoisotopic (exact) mass is 474 g/mol. The van der Waals surface area contributed by atoms with Gasteiger partial charge in [0.25, 0.3) is 0 Å². The average molecular weight is 475 g/mol. The first-order valence-electron chi connectivity index (χ1n) is 10.8. The van der Waals surface area contributed by atoms with Crippen LogP contribution in [0.1, 0.15) is 25.3 Å². The lowest BCUT2D eigenvalue weighted by Gasteiger charge is -2.22. The molecule has 1 aliphatic rings. The number of hydrogen-bond donors (Lipinski definition) is 3. The number of aliphatic carboxylic acids is 1. The second-order valence-electron chi connectivity index (χ2n) is 8.48. The Morgan fingerprint density at radius 1 is 1.19 bits per heavy atom. The summed E-state index contributed by atoms with van der Waals surface area (Å²) in [6.07, 6.45) is 4.14. The van der Waals surface area contributed by atoms with Crippen LogP contribution in [0.15, 0.2) is 54.6 Å². The lowest BCUT2D eigenvalue weighted by atomic mass is 9.92. The summed E-state index contributed by atoms with van der Waals surface area (Å²) in [4.78, 5) is 22.9. The van der Waals surface area contributed by atoms with E-state index in [0.717, 1.165) is 34.3 Å². The van der Waals surface area contributed by atoms with Gasteiger partial charge in [-0.05, 0) is 41.2 Å². The van der Waals surface area contributed by atoms with Crippen LogP contribution in [0.2, 0.25) is 0 Å². The number of benzene rings is 2. The number of carboxylic acid groups (broad SMARTS) is 1. The van der Waals surface area contributed by atoms with Gasteiger partial charge in [0, 0.05) is 18.8 Å². The molecular weight excluding hydrogens is 444 g/mol. The molecule has 0 saturated heterocycles. The normalized spacial score (nSPS) is 23.1. The van der Waals surface area contributed by atoms with Crippen molar-refractivity contribution in [1.29, 1.82) is 0 Å². The van der Waals surface area contributed by atoms with Crippen molar-refractivity contribution in [3.8, 4) is 0 Å². The maximum Gasteiger partial charge on any atom is 0.313 e. The van der Waals surface area contributed by atoms with E-state index in [9.17, 15) is 19.8 Å². The van der Waals surface area contributed by atoms with Gasteiger partial charge in [-0.15, -0.1) is 11.8 Å². The lowest BCUT2D eigenvalue weighted by Crippen LogP contribution is -2.27. The molecule has 0 aromatic heterocycles. The minimum Gasteiger partial charge on any atom is -0.481 e. The Hall–Kier alpha value is -1.80. The van der Waals surface area contributed by atoms with Crippen LogP contribution in [0.4, 0.5) is 0 Å². The van der Waals surface area contributed by atoms with Crippen molar-refractivity contribution in [2.24, 2.45) is 5.92 Å². The highest BCUT2D eigenvalue weighted by molar-refractivity contribution is 8.01. The van der Waals surface area contributed by atoms with Crippen molar-refractivity contribution in [3.05, 3.63) is 60.2 Å². The Kier molecular flexibility index (Phi) is 8.82. The molecule has 172 valence electrons. The molecule has 3 N–H and O–H groups in total. The number of ketones is 1. The van der Waals surface area contributed by atoms with Crippen LogP contribution < -0.4 is 0 Å². The van der Waals surface area contributed by atoms with Crippen LogP contribution in [0.5, 0.6) is 0 Å². The van der Waals surface area contributed by atoms with Crippen molar-refractivity contribution in [2.75, 3.05) is 17.3 Å². The smallest absolute Gasteiger partial charge is 0.313 e. The van der Waals surface area contributed by atoms with Crippen molar-refractivity contribution in [1.82, 2.24) is 0 Å². The summed E-state index contributed by atoms with van der Waals surface area (Å²) >= 11 is 2.88. The van der Waals surface area contributed by atoms with Crippen LogP contribution in [0.25, 0.3) is 10.8 Å². The number of thioether (sulfide) groups is 2. The lowest BCUT2D eigenvalue weighted by molar-refractivity contribution is -0.133. The number of carbonyl (C=O) groups excluding carboxylic acids is 1. The molecule has 0 heterocycles. The van der Waals surface area contributed by atoms with Gasteiger partial charge in [-0.3, -0.25) is 9.59 Å². The van der Waals surface area contributed by atoms with Crippen LogP contribution >= 0.6 is 23.5 Å². The summed E-state index contributed by atoms with van der Waals surface area (Å²) in [7, 11) is 0. The summed E-state index contributed by atoms with van der Waals surface area (Å²) < 4.78 is 0. The molecule has 1 fully saturated rings. The second kappa shape index (κ2) is 11.4. The van der Waals surface area contributed by atoms with Crippen molar-refractivity contribution >= 4 is 46.0 Å². The highest BCUT2D eigenvalue weighted by atomic mass is 32.2. The van der Waals surface area contributed by atoms with Gasteiger partial charge >= 0.3 is 5.97 Å². The van der Waals surface area contributed by atoms with E-state index in [1.165, 1.54) is 23.5 Å². The maximum atomic E-state index is 12.4. The average Bonchev–Trinajstić information content (AvgIpc) is 3.00. The molecule has 0 bridgehead atoms. The number of carboxylic acids is 1. The molecule has 4 atom stereocenters. The number of hydrogen-bond acceptors (Lipinski definition) is 6. The third-order valence-electron chi connectivity index (χ3n) is 5.53. The first kappa shape index (κ1) is 24.8. The molecular formula is C25H30O5S2. The largest absolute Gasteiger partial charge is 0.481 e. The van der Waals surface area contributed by atoms with Gasteiger partial charge in [0.1, 0.15) is 5.78 Å². The summed E-state index contributed by atoms with van der Waals surface area (Å²) in [5.74, 6) is 0.421. The van der Waals surface area contributed by atoms with Gasteiger partial charge in [0.15, 0.2) is 0 Å². The van der Waals surface area contributed by atoms with Crippen LogP contribution in [0.3, 0.4) is 0 Å². The fourth-order valence-corrected chi connectivity index (χ4v) is 6.17. The van der Waals surface area contributed by atoms with Gasteiger partial charge in [-0.2, -0.15) is 11.8 Å². The van der Waals surface area contributed by atoms with Crippen molar-refractivity contribution in [3.63, 3.8) is 0 Å². The maximum absolute atomic E-state index is 12.4. The van der Waals surface area contributed by atoms with Gasteiger partial charge in [0.05, 0.1) is 22.7 Å². The third kappa shape index (κ3) is 7.10. The van der Waals surface area contributed by atoms with E-state index >= 15 is 0 Å². The summed E-state index contributed by atoms with van der Waals surface area (Å²) in [6.45, 7) is 1.74. The van der Waals surface area contributed by atoms with Crippen LogP contribution in [-0.2, 0) is 16.0 Å². The minimum absolute atomic E-state index is 0.0320. The second-order valence-corrected chi connectivity index (χ2v) is 10.8. The van der Waals surface area contributed by atoms with E-state index in [1.54, 1.807) is 19.1 Å². The summed E-state index contributed by atoms with van der Waals surface area (Å²) in [5, 5.41) is 32.0. The van der Waals surface area contributed by atoms with E-state index in [0.29, 0.717) is 6.42 Å². The molecule has 2 aromatic carbocycles. The fourth-order valence-electron chi connectivity index (χ4n) is 3.98. The molecule has 1 saturated carbocycles. The molecule has 0 amide bonds. The predicted molar refractivity (Wildman–Crippen MR) is 132 cm³/mol. The van der Waals surface area contributed by atoms with Gasteiger partial charge < -0.3 is 15.3 Å². The topological polar surface area (TPSA) is 94.8 Å². The fraction of sp³-hybridized carbons (Fsp3) is 0.440. The molecule has 2 aromatic rings. The van der Waals surface area contributed by atoms with Crippen molar-refractivity contribution in [2.45, 2.75) is 43.1 Å². The standard InChI is InChI=1S/C25H30O5S2/c1-25(30,15-17-7-8-18-5-2-3-6-19(18)13-17)10-9-20-21(26)14-22(27)24(20)32-12-4-11-31-16-23(28)29/h2-3,5-10,13,20-21,24,26,30H,4,11-12,14-16H2,1H3,(H,28,29)/b10-9+/t20-,21+,24+,25?/m0/s1. The number of rotatable bonds is 11. The quantitative estimate of drug-likeness (QED) is 0.335. The number of aliphatic hydroxyl groups is 2. The number of aliphatic hydroxyl groups excluding tert-OH is 1. The Morgan fingerprint density at radius 3 is 2.69 bits per heavy atom. The molecule has 0 aliphatic heterocycles. The van der Waals surface area contributed by atoms with Gasteiger partial charge in [-0.25, -0.2) is 0 Å². The highest BCUT2D eigenvalue weighted by Crippen LogP contribution is 2.35. The predicted octanol–water partition coefficient (Wildman–Crippen LogP) is 3.95. The molecule has 0 radical (unpaired) electrons. The first-order chi connectivity index (χ1) is 15.2. The molecule has 1 aliphatic carbocycles. The number of carbonyl (C=O) groups is 2. The van der Waals surface area contributed by atoms with Crippen molar-refractivity contribution < 1.29 is 24.9 Å². The van der Waals surface area contributed by atoms with Gasteiger partial charge in [-0.1, -0.05) is 54.6 Å². The molecule has 1 unspecified atom stereocenters. The van der Waals surface area contributed by atoms with E-state index in [4.69, 9.17) is 5.11 Å². The summed E-state index contributed by atoms with van der Waals surface area (Å²) in [5.41, 5.74) is -0.0811. The first-order valence-corrected chi connectivity index (χ1v) is 13.0. The Labute approximate surface area is 197 Å². The van der Waals surface area contributed by atoms with E-state index in [1.807, 2.05) is 30.3 Å². The summed E-state index contributed by atoms with van der Waals surface area (Å²) in [6, 6.07) is 14.2. The third-order valence-corrected chi connectivity index (χ3v) is 8.02. The van der Waals surface area contributed by atoms with Crippen LogP contribution in [-0.4, -0.2) is 61.3 Å². The number of fused-ring (bicyclic) bond motifs is 1.